The normalized spacial score (nSPS) is 13.1. The molecule has 1 aromatic rings. The van der Waals surface area contributed by atoms with Gasteiger partial charge in [0.05, 0.1) is 19.3 Å². The first-order chi connectivity index (χ1) is 6.69. The summed E-state index contributed by atoms with van der Waals surface area (Å²) in [6.45, 7) is 3.30. The third kappa shape index (κ3) is 2.67. The lowest BCUT2D eigenvalue weighted by atomic mass is 10.3. The Balaban J connectivity index is 2.71. The molecule has 0 fully saturated rings. The molecule has 0 aliphatic rings. The Morgan fingerprint density at radius 2 is 2.29 bits per heavy atom. The number of aromatic nitrogens is 2. The van der Waals surface area contributed by atoms with Gasteiger partial charge >= 0.3 is 0 Å². The second-order valence-electron chi connectivity index (χ2n) is 3.16. The minimum atomic E-state index is 0.0428. The maximum atomic E-state index is 5.27. The predicted molar refractivity (Wildman–Crippen MR) is 57.0 cm³/mol. The Hall–Kier alpha value is -0.650. The van der Waals surface area contributed by atoms with E-state index >= 15 is 0 Å². The summed E-state index contributed by atoms with van der Waals surface area (Å²) in [6, 6.07) is 0. The van der Waals surface area contributed by atoms with Crippen molar-refractivity contribution in [3.8, 4) is 0 Å². The van der Waals surface area contributed by atoms with Gasteiger partial charge in [-0.2, -0.15) is 0 Å². The number of aryl methyl sites for hydroxylation is 1. The molecular formula is C9H16N2O2S. The number of aromatic amines is 1. The van der Waals surface area contributed by atoms with Crippen molar-refractivity contribution in [1.29, 1.82) is 0 Å². The summed E-state index contributed by atoms with van der Waals surface area (Å²) in [5.41, 5.74) is 1.10. The second-order valence-corrected chi connectivity index (χ2v) is 3.55. The van der Waals surface area contributed by atoms with E-state index in [-0.39, 0.29) is 6.10 Å². The molecule has 1 rings (SSSR count). The maximum Gasteiger partial charge on any atom is 0.177 e. The van der Waals surface area contributed by atoms with Crippen molar-refractivity contribution >= 4 is 12.2 Å². The smallest absolute Gasteiger partial charge is 0.177 e. The topological polar surface area (TPSA) is 39.2 Å². The number of ether oxygens (including phenoxy) is 2. The van der Waals surface area contributed by atoms with Crippen LogP contribution in [0.4, 0.5) is 0 Å². The molecule has 0 aromatic carbocycles. The lowest BCUT2D eigenvalue weighted by Gasteiger charge is -2.15. The summed E-state index contributed by atoms with van der Waals surface area (Å²) >= 11 is 5.13. The van der Waals surface area contributed by atoms with E-state index in [1.165, 1.54) is 0 Å². The summed E-state index contributed by atoms with van der Waals surface area (Å²) < 4.78 is 13.0. The summed E-state index contributed by atoms with van der Waals surface area (Å²) in [5, 5.41) is 0. The SMILES string of the molecule is COCC(Cn1c(C)c[nH]c1=S)OC. The average Bonchev–Trinajstić information content (AvgIpc) is 2.48. The minimum Gasteiger partial charge on any atom is -0.382 e. The number of nitrogens with one attached hydrogen (secondary N) is 1. The third-order valence-electron chi connectivity index (χ3n) is 2.15. The second kappa shape index (κ2) is 5.29. The predicted octanol–water partition coefficient (Wildman–Crippen LogP) is 1.52. The Kier molecular flexibility index (Phi) is 4.31. The first-order valence-electron chi connectivity index (χ1n) is 4.45. The fourth-order valence-corrected chi connectivity index (χ4v) is 1.57. The van der Waals surface area contributed by atoms with E-state index in [1.54, 1.807) is 14.2 Å². The van der Waals surface area contributed by atoms with Crippen LogP contribution in [0.2, 0.25) is 0 Å². The molecule has 0 amide bonds. The quantitative estimate of drug-likeness (QED) is 0.758. The lowest BCUT2D eigenvalue weighted by molar-refractivity contribution is 0.0178. The van der Waals surface area contributed by atoms with Crippen molar-refractivity contribution in [3.63, 3.8) is 0 Å². The van der Waals surface area contributed by atoms with Crippen LogP contribution in [-0.4, -0.2) is 36.5 Å². The van der Waals surface area contributed by atoms with Gasteiger partial charge < -0.3 is 19.0 Å². The molecule has 0 aliphatic heterocycles. The van der Waals surface area contributed by atoms with Gasteiger partial charge in [0, 0.05) is 26.1 Å². The van der Waals surface area contributed by atoms with Gasteiger partial charge in [-0.05, 0) is 19.1 Å². The molecule has 0 radical (unpaired) electrons. The highest BCUT2D eigenvalue weighted by molar-refractivity contribution is 7.71. The third-order valence-corrected chi connectivity index (χ3v) is 2.49. The van der Waals surface area contributed by atoms with Crippen LogP contribution in [-0.2, 0) is 16.0 Å². The molecule has 0 saturated heterocycles. The number of nitrogens with zero attached hydrogens (tertiary/aromatic N) is 1. The van der Waals surface area contributed by atoms with Gasteiger partial charge in [-0.1, -0.05) is 0 Å². The monoisotopic (exact) mass is 216 g/mol. The van der Waals surface area contributed by atoms with E-state index < -0.39 is 0 Å². The number of hydrogen-bond donors (Lipinski definition) is 1. The van der Waals surface area contributed by atoms with Gasteiger partial charge in [0.25, 0.3) is 0 Å². The molecule has 1 N–H and O–H groups in total. The van der Waals surface area contributed by atoms with Crippen LogP contribution in [0.25, 0.3) is 0 Å². The number of H-pyrrole nitrogens is 1. The highest BCUT2D eigenvalue weighted by Gasteiger charge is 2.09. The average molecular weight is 216 g/mol. The molecule has 4 nitrogen and oxygen atoms in total. The largest absolute Gasteiger partial charge is 0.382 e. The Bertz CT molecular complexity index is 332. The lowest BCUT2D eigenvalue weighted by Crippen LogP contribution is -2.24. The molecule has 0 bridgehead atoms. The summed E-state index contributed by atoms with van der Waals surface area (Å²) in [7, 11) is 3.34. The highest BCUT2D eigenvalue weighted by atomic mass is 32.1. The molecule has 0 saturated carbocycles. The van der Waals surface area contributed by atoms with E-state index in [4.69, 9.17) is 21.7 Å². The van der Waals surface area contributed by atoms with E-state index in [1.807, 2.05) is 17.7 Å². The first kappa shape index (κ1) is 11.4. The molecule has 1 aromatic heterocycles. The van der Waals surface area contributed by atoms with Gasteiger partial charge in [0.1, 0.15) is 0 Å². The van der Waals surface area contributed by atoms with Crippen LogP contribution in [0.1, 0.15) is 5.69 Å². The molecule has 1 atom stereocenters. The van der Waals surface area contributed by atoms with E-state index in [0.717, 1.165) is 17.0 Å². The maximum absolute atomic E-state index is 5.27. The molecular weight excluding hydrogens is 200 g/mol. The fourth-order valence-electron chi connectivity index (χ4n) is 1.29. The van der Waals surface area contributed by atoms with Gasteiger partial charge in [-0.25, -0.2) is 0 Å². The van der Waals surface area contributed by atoms with Crippen molar-refractivity contribution in [2.45, 2.75) is 19.6 Å². The highest BCUT2D eigenvalue weighted by Crippen LogP contribution is 2.03. The van der Waals surface area contributed by atoms with Crippen LogP contribution in [0.3, 0.4) is 0 Å². The fraction of sp³-hybridized carbons (Fsp3) is 0.667. The summed E-state index contributed by atoms with van der Waals surface area (Å²) in [4.78, 5) is 2.99. The standard InChI is InChI=1S/C9H16N2O2S/c1-7-4-10-9(14)11(7)5-8(13-3)6-12-2/h4,8H,5-6H2,1-3H3,(H,10,14). The van der Waals surface area contributed by atoms with Crippen LogP contribution in [0.15, 0.2) is 6.20 Å². The molecule has 5 heteroatoms. The Morgan fingerprint density at radius 1 is 1.57 bits per heavy atom. The van der Waals surface area contributed by atoms with Crippen LogP contribution >= 0.6 is 12.2 Å². The molecule has 1 unspecified atom stereocenters. The zero-order valence-electron chi connectivity index (χ0n) is 8.74. The number of methoxy groups -OCH3 is 2. The molecule has 14 heavy (non-hydrogen) atoms. The first-order valence-corrected chi connectivity index (χ1v) is 4.86. The zero-order valence-corrected chi connectivity index (χ0v) is 9.56. The van der Waals surface area contributed by atoms with Crippen LogP contribution in [0, 0.1) is 11.7 Å². The minimum absolute atomic E-state index is 0.0428. The number of rotatable bonds is 5. The zero-order chi connectivity index (χ0) is 10.6. The van der Waals surface area contributed by atoms with E-state index in [9.17, 15) is 0 Å². The molecule has 80 valence electrons. The number of imidazole rings is 1. The molecule has 0 aliphatic carbocycles. The van der Waals surface area contributed by atoms with Crippen molar-refractivity contribution in [2.75, 3.05) is 20.8 Å². The summed E-state index contributed by atoms with van der Waals surface area (Å²) in [6.07, 6.45) is 1.93. The van der Waals surface area contributed by atoms with Crippen molar-refractivity contribution in [3.05, 3.63) is 16.7 Å². The Labute approximate surface area is 88.8 Å². The van der Waals surface area contributed by atoms with E-state index in [2.05, 4.69) is 4.98 Å². The van der Waals surface area contributed by atoms with Crippen LogP contribution in [0.5, 0.6) is 0 Å². The summed E-state index contributed by atoms with van der Waals surface area (Å²) in [5.74, 6) is 0. The Morgan fingerprint density at radius 3 is 2.71 bits per heavy atom. The van der Waals surface area contributed by atoms with Gasteiger partial charge in [0.15, 0.2) is 4.77 Å². The van der Waals surface area contributed by atoms with Crippen molar-refractivity contribution < 1.29 is 9.47 Å². The molecule has 1 heterocycles. The van der Waals surface area contributed by atoms with E-state index in [0.29, 0.717) is 6.61 Å². The van der Waals surface area contributed by atoms with Crippen molar-refractivity contribution in [2.24, 2.45) is 0 Å². The van der Waals surface area contributed by atoms with Gasteiger partial charge in [-0.3, -0.25) is 0 Å². The van der Waals surface area contributed by atoms with Crippen molar-refractivity contribution in [1.82, 2.24) is 9.55 Å². The number of hydrogen-bond acceptors (Lipinski definition) is 3. The van der Waals surface area contributed by atoms with Gasteiger partial charge in [-0.15, -0.1) is 0 Å². The van der Waals surface area contributed by atoms with Crippen LogP contribution < -0.4 is 0 Å². The van der Waals surface area contributed by atoms with Gasteiger partial charge in [0.2, 0.25) is 0 Å². The molecule has 0 spiro atoms.